The lowest BCUT2D eigenvalue weighted by Gasteiger charge is -2.06. The first-order chi connectivity index (χ1) is 10.7. The van der Waals surface area contributed by atoms with Gasteiger partial charge in [0.2, 0.25) is 5.91 Å². The molecule has 0 saturated carbocycles. The first kappa shape index (κ1) is 14.3. The summed E-state index contributed by atoms with van der Waals surface area (Å²) in [7, 11) is 0. The Hall–Kier alpha value is -2.67. The fourth-order valence-corrected chi connectivity index (χ4v) is 2.67. The number of aromatic amines is 1. The van der Waals surface area contributed by atoms with E-state index < -0.39 is 0 Å². The molecule has 2 heterocycles. The molecule has 0 spiro atoms. The second-order valence-electron chi connectivity index (χ2n) is 4.70. The molecule has 0 radical (unpaired) electrons. The molecule has 0 unspecified atom stereocenters. The standard InChI is InChI=1S/C15H14N4O2S/c20-14(5-6-16-15(21)13-2-1-7-22-13)18-11-3-4-12-10(8-11)9-17-19-12/h1-4,7-9H,5-6H2,(H,16,21)(H,17,19)(H,18,20). The van der Waals surface area contributed by atoms with Crippen LogP contribution in [0.5, 0.6) is 0 Å². The molecule has 2 aromatic heterocycles. The fourth-order valence-electron chi connectivity index (χ4n) is 2.03. The second-order valence-corrected chi connectivity index (χ2v) is 5.65. The van der Waals surface area contributed by atoms with Crippen LogP contribution in [-0.4, -0.2) is 28.6 Å². The average molecular weight is 314 g/mol. The van der Waals surface area contributed by atoms with Gasteiger partial charge in [-0.3, -0.25) is 14.7 Å². The Morgan fingerprint density at radius 3 is 3.00 bits per heavy atom. The third-order valence-electron chi connectivity index (χ3n) is 3.11. The van der Waals surface area contributed by atoms with E-state index in [1.54, 1.807) is 12.3 Å². The van der Waals surface area contributed by atoms with E-state index in [0.29, 0.717) is 17.1 Å². The summed E-state index contributed by atoms with van der Waals surface area (Å²) in [6.07, 6.45) is 1.92. The minimum atomic E-state index is -0.150. The number of H-pyrrole nitrogens is 1. The summed E-state index contributed by atoms with van der Waals surface area (Å²) in [4.78, 5) is 24.2. The molecule has 2 amide bonds. The number of rotatable bonds is 5. The highest BCUT2D eigenvalue weighted by atomic mass is 32.1. The SMILES string of the molecule is O=C(CCNC(=O)c1cccs1)Nc1ccc2[nH]ncc2c1. The van der Waals surface area contributed by atoms with Crippen molar-refractivity contribution in [3.05, 3.63) is 46.8 Å². The summed E-state index contributed by atoms with van der Waals surface area (Å²) >= 11 is 1.37. The zero-order valence-corrected chi connectivity index (χ0v) is 12.4. The number of aromatic nitrogens is 2. The maximum absolute atomic E-state index is 11.9. The van der Waals surface area contributed by atoms with Gasteiger partial charge in [-0.25, -0.2) is 0 Å². The maximum Gasteiger partial charge on any atom is 0.261 e. The molecule has 3 N–H and O–H groups in total. The van der Waals surface area contributed by atoms with E-state index in [1.807, 2.05) is 29.6 Å². The largest absolute Gasteiger partial charge is 0.351 e. The average Bonchev–Trinajstić information content (AvgIpc) is 3.18. The Balaban J connectivity index is 1.49. The molecule has 7 heteroatoms. The molecule has 6 nitrogen and oxygen atoms in total. The zero-order valence-electron chi connectivity index (χ0n) is 11.6. The van der Waals surface area contributed by atoms with Crippen molar-refractivity contribution in [3.63, 3.8) is 0 Å². The quantitative estimate of drug-likeness (QED) is 0.676. The number of amides is 2. The molecule has 0 bridgehead atoms. The third-order valence-corrected chi connectivity index (χ3v) is 3.98. The molecular formula is C15H14N4O2S. The number of anilines is 1. The monoisotopic (exact) mass is 314 g/mol. The Morgan fingerprint density at radius 2 is 2.18 bits per heavy atom. The zero-order chi connectivity index (χ0) is 15.4. The van der Waals surface area contributed by atoms with Crippen LogP contribution in [0.25, 0.3) is 10.9 Å². The van der Waals surface area contributed by atoms with Crippen LogP contribution in [0.2, 0.25) is 0 Å². The summed E-state index contributed by atoms with van der Waals surface area (Å²) in [6.45, 7) is 0.302. The Morgan fingerprint density at radius 1 is 1.27 bits per heavy atom. The van der Waals surface area contributed by atoms with Gasteiger partial charge in [-0.15, -0.1) is 11.3 Å². The van der Waals surface area contributed by atoms with Crippen molar-refractivity contribution in [1.29, 1.82) is 0 Å². The van der Waals surface area contributed by atoms with E-state index in [4.69, 9.17) is 0 Å². The fraction of sp³-hybridized carbons (Fsp3) is 0.133. The first-order valence-electron chi connectivity index (χ1n) is 6.77. The summed E-state index contributed by atoms with van der Waals surface area (Å²) in [6, 6.07) is 9.08. The summed E-state index contributed by atoms with van der Waals surface area (Å²) < 4.78 is 0. The van der Waals surface area contributed by atoms with Gasteiger partial charge in [0.25, 0.3) is 5.91 Å². The van der Waals surface area contributed by atoms with Crippen LogP contribution in [0.3, 0.4) is 0 Å². The van der Waals surface area contributed by atoms with Crippen LogP contribution in [0, 0.1) is 0 Å². The molecule has 0 aliphatic heterocycles. The van der Waals surface area contributed by atoms with E-state index in [-0.39, 0.29) is 18.2 Å². The van der Waals surface area contributed by atoms with Crippen molar-refractivity contribution in [3.8, 4) is 0 Å². The Bertz CT molecular complexity index is 795. The van der Waals surface area contributed by atoms with Crippen molar-refractivity contribution in [1.82, 2.24) is 15.5 Å². The number of carbonyl (C=O) groups is 2. The molecule has 0 aliphatic rings. The van der Waals surface area contributed by atoms with Crippen LogP contribution < -0.4 is 10.6 Å². The lowest BCUT2D eigenvalue weighted by molar-refractivity contribution is -0.116. The molecule has 3 rings (SSSR count). The number of thiophene rings is 1. The normalized spacial score (nSPS) is 10.5. The minimum Gasteiger partial charge on any atom is -0.351 e. The Labute approximate surface area is 130 Å². The number of benzene rings is 1. The van der Waals surface area contributed by atoms with E-state index in [9.17, 15) is 9.59 Å². The lowest BCUT2D eigenvalue weighted by atomic mass is 10.2. The number of nitrogens with zero attached hydrogens (tertiary/aromatic N) is 1. The van der Waals surface area contributed by atoms with Crippen LogP contribution in [0.4, 0.5) is 5.69 Å². The van der Waals surface area contributed by atoms with Crippen LogP contribution >= 0.6 is 11.3 Å². The predicted molar refractivity (Wildman–Crippen MR) is 86.0 cm³/mol. The topological polar surface area (TPSA) is 86.9 Å². The van der Waals surface area contributed by atoms with E-state index >= 15 is 0 Å². The molecule has 0 saturated heterocycles. The van der Waals surface area contributed by atoms with Crippen LogP contribution in [0.15, 0.2) is 41.9 Å². The first-order valence-corrected chi connectivity index (χ1v) is 7.65. The van der Waals surface area contributed by atoms with Crippen molar-refractivity contribution in [2.24, 2.45) is 0 Å². The second kappa shape index (κ2) is 6.40. The lowest BCUT2D eigenvalue weighted by Crippen LogP contribution is -2.27. The van der Waals surface area contributed by atoms with Crippen LogP contribution in [-0.2, 0) is 4.79 Å². The summed E-state index contributed by atoms with van der Waals surface area (Å²) in [5.41, 5.74) is 1.63. The molecular weight excluding hydrogens is 300 g/mol. The van der Waals surface area contributed by atoms with Gasteiger partial charge in [0.15, 0.2) is 0 Å². The van der Waals surface area contributed by atoms with Crippen molar-refractivity contribution >= 4 is 39.7 Å². The van der Waals surface area contributed by atoms with Gasteiger partial charge in [0, 0.05) is 24.0 Å². The molecule has 1 aromatic carbocycles. The number of hydrogen-bond donors (Lipinski definition) is 3. The van der Waals surface area contributed by atoms with Gasteiger partial charge in [-0.2, -0.15) is 5.10 Å². The number of carbonyl (C=O) groups excluding carboxylic acids is 2. The highest BCUT2D eigenvalue weighted by molar-refractivity contribution is 7.12. The number of hydrogen-bond acceptors (Lipinski definition) is 4. The molecule has 0 fully saturated rings. The van der Waals surface area contributed by atoms with Crippen LogP contribution in [0.1, 0.15) is 16.1 Å². The Kier molecular flexibility index (Phi) is 4.15. The smallest absolute Gasteiger partial charge is 0.261 e. The molecule has 22 heavy (non-hydrogen) atoms. The summed E-state index contributed by atoms with van der Waals surface area (Å²) in [5, 5.41) is 15.1. The minimum absolute atomic E-state index is 0.144. The molecule has 3 aromatic rings. The van der Waals surface area contributed by atoms with Crippen molar-refractivity contribution in [2.75, 3.05) is 11.9 Å². The molecule has 112 valence electrons. The molecule has 0 aliphatic carbocycles. The van der Waals surface area contributed by atoms with Gasteiger partial charge in [-0.1, -0.05) is 6.07 Å². The van der Waals surface area contributed by atoms with Gasteiger partial charge in [-0.05, 0) is 29.6 Å². The highest BCUT2D eigenvalue weighted by Crippen LogP contribution is 2.16. The number of nitrogens with one attached hydrogen (secondary N) is 3. The highest BCUT2D eigenvalue weighted by Gasteiger charge is 2.08. The predicted octanol–water partition coefficient (Wildman–Crippen LogP) is 2.38. The van der Waals surface area contributed by atoms with E-state index in [2.05, 4.69) is 20.8 Å². The van der Waals surface area contributed by atoms with Gasteiger partial charge in [0.1, 0.15) is 0 Å². The van der Waals surface area contributed by atoms with Crippen molar-refractivity contribution in [2.45, 2.75) is 6.42 Å². The maximum atomic E-state index is 11.9. The van der Waals surface area contributed by atoms with Gasteiger partial charge in [0.05, 0.1) is 16.6 Å². The van der Waals surface area contributed by atoms with Crippen molar-refractivity contribution < 1.29 is 9.59 Å². The van der Waals surface area contributed by atoms with E-state index in [0.717, 1.165) is 10.9 Å². The van der Waals surface area contributed by atoms with E-state index in [1.165, 1.54) is 11.3 Å². The summed E-state index contributed by atoms with van der Waals surface area (Å²) in [5.74, 6) is -0.294. The third kappa shape index (κ3) is 3.32. The van der Waals surface area contributed by atoms with Gasteiger partial charge < -0.3 is 10.6 Å². The molecule has 0 atom stereocenters. The van der Waals surface area contributed by atoms with Gasteiger partial charge >= 0.3 is 0 Å². The number of fused-ring (bicyclic) bond motifs is 1.